The van der Waals surface area contributed by atoms with Crippen LogP contribution in [0.4, 0.5) is 0 Å². The first-order valence-corrected chi connectivity index (χ1v) is 7.21. The van der Waals surface area contributed by atoms with Gasteiger partial charge in [-0.1, -0.05) is 27.7 Å². The number of carboxylic acid groups (broad SMARTS) is 1. The lowest BCUT2D eigenvalue weighted by Crippen LogP contribution is -2.51. The van der Waals surface area contributed by atoms with E-state index < -0.39 is 11.5 Å². The maximum atomic E-state index is 12.4. The minimum absolute atomic E-state index is 0.00525. The molecule has 1 aromatic heterocycles. The number of carbonyl (C=O) groups is 2. The molecule has 0 bridgehead atoms. The average Bonchev–Trinajstić information content (AvgIpc) is 2.70. The van der Waals surface area contributed by atoms with Gasteiger partial charge in [-0.3, -0.25) is 9.59 Å². The monoisotopic (exact) mass is 295 g/mol. The minimum Gasteiger partial charge on any atom is -0.481 e. The summed E-state index contributed by atoms with van der Waals surface area (Å²) in [6.07, 6.45) is -0.121. The van der Waals surface area contributed by atoms with E-state index in [4.69, 9.17) is 9.52 Å². The second-order valence-electron chi connectivity index (χ2n) is 6.37. The van der Waals surface area contributed by atoms with E-state index in [0.717, 1.165) is 5.76 Å². The molecule has 5 nitrogen and oxygen atoms in total. The zero-order valence-corrected chi connectivity index (χ0v) is 13.6. The van der Waals surface area contributed by atoms with Crippen LogP contribution in [0.15, 0.2) is 10.5 Å². The quantitative estimate of drug-likeness (QED) is 0.843. The van der Waals surface area contributed by atoms with Crippen molar-refractivity contribution in [2.75, 3.05) is 0 Å². The summed E-state index contributed by atoms with van der Waals surface area (Å²) in [6, 6.07) is 1.73. The summed E-state index contributed by atoms with van der Waals surface area (Å²) in [5, 5.41) is 11.9. The number of hydrogen-bond donors (Lipinski definition) is 2. The van der Waals surface area contributed by atoms with Gasteiger partial charge in [-0.2, -0.15) is 0 Å². The van der Waals surface area contributed by atoms with Gasteiger partial charge in [0.25, 0.3) is 5.91 Å². The van der Waals surface area contributed by atoms with Gasteiger partial charge in [-0.25, -0.2) is 0 Å². The molecule has 0 aliphatic carbocycles. The fourth-order valence-corrected chi connectivity index (χ4v) is 2.05. The Morgan fingerprint density at radius 3 is 2.29 bits per heavy atom. The van der Waals surface area contributed by atoms with Crippen LogP contribution in [-0.4, -0.2) is 22.5 Å². The zero-order valence-electron chi connectivity index (χ0n) is 13.6. The molecular weight excluding hydrogens is 270 g/mol. The Labute approximate surface area is 125 Å². The molecule has 1 unspecified atom stereocenters. The summed E-state index contributed by atoms with van der Waals surface area (Å²) in [5.41, 5.74) is -0.332. The molecular formula is C16H25NO4. The smallest absolute Gasteiger partial charge is 0.305 e. The van der Waals surface area contributed by atoms with Crippen molar-refractivity contribution in [3.8, 4) is 0 Å². The number of furan rings is 1. The number of aryl methyl sites for hydroxylation is 1. The van der Waals surface area contributed by atoms with Crippen LogP contribution in [0.25, 0.3) is 0 Å². The van der Waals surface area contributed by atoms with E-state index in [1.165, 1.54) is 0 Å². The number of hydrogen-bond acceptors (Lipinski definition) is 3. The molecule has 1 atom stereocenters. The van der Waals surface area contributed by atoms with Crippen molar-refractivity contribution in [3.05, 3.63) is 23.2 Å². The number of aliphatic carboxylic acids is 1. The average molecular weight is 295 g/mol. The first-order valence-electron chi connectivity index (χ1n) is 7.21. The second-order valence-corrected chi connectivity index (χ2v) is 6.37. The molecule has 0 saturated heterocycles. The van der Waals surface area contributed by atoms with E-state index in [1.54, 1.807) is 19.9 Å². The van der Waals surface area contributed by atoms with Crippen LogP contribution in [-0.2, 0) is 4.79 Å². The third kappa shape index (κ3) is 4.09. The van der Waals surface area contributed by atoms with Gasteiger partial charge in [0.15, 0.2) is 0 Å². The van der Waals surface area contributed by atoms with Crippen LogP contribution >= 0.6 is 0 Å². The summed E-state index contributed by atoms with van der Waals surface area (Å²) < 4.78 is 5.58. The fraction of sp³-hybridized carbons (Fsp3) is 0.625. The minimum atomic E-state index is -0.932. The number of amides is 1. The molecule has 21 heavy (non-hydrogen) atoms. The van der Waals surface area contributed by atoms with Crippen LogP contribution in [0.3, 0.4) is 0 Å². The third-order valence-corrected chi connectivity index (χ3v) is 3.94. The molecule has 1 amide bonds. The molecule has 0 aliphatic rings. The zero-order chi connectivity index (χ0) is 16.4. The molecule has 118 valence electrons. The third-order valence-electron chi connectivity index (χ3n) is 3.94. The van der Waals surface area contributed by atoms with Gasteiger partial charge in [0.1, 0.15) is 11.5 Å². The van der Waals surface area contributed by atoms with Gasteiger partial charge in [0, 0.05) is 5.92 Å². The Balaban J connectivity index is 3.00. The van der Waals surface area contributed by atoms with Crippen LogP contribution in [0.1, 0.15) is 68.8 Å². The van der Waals surface area contributed by atoms with Gasteiger partial charge in [0.05, 0.1) is 17.5 Å². The summed E-state index contributed by atoms with van der Waals surface area (Å²) in [5.74, 6) is 0.272. The van der Waals surface area contributed by atoms with Crippen molar-refractivity contribution >= 4 is 11.9 Å². The Hall–Kier alpha value is -1.78. The van der Waals surface area contributed by atoms with E-state index >= 15 is 0 Å². The topological polar surface area (TPSA) is 79.5 Å². The number of carboxylic acids is 1. The first-order chi connectivity index (χ1) is 9.56. The van der Waals surface area contributed by atoms with E-state index in [9.17, 15) is 9.59 Å². The molecule has 1 heterocycles. The lowest BCUT2D eigenvalue weighted by molar-refractivity contribution is -0.138. The largest absolute Gasteiger partial charge is 0.481 e. The van der Waals surface area contributed by atoms with E-state index in [0.29, 0.717) is 11.3 Å². The Kier molecular flexibility index (Phi) is 5.20. The Morgan fingerprint density at radius 1 is 1.33 bits per heavy atom. The van der Waals surface area contributed by atoms with Gasteiger partial charge < -0.3 is 14.8 Å². The van der Waals surface area contributed by atoms with Gasteiger partial charge in [0.2, 0.25) is 0 Å². The fourth-order valence-electron chi connectivity index (χ4n) is 2.05. The Morgan fingerprint density at radius 2 is 1.90 bits per heavy atom. The maximum absolute atomic E-state index is 12.4. The van der Waals surface area contributed by atoms with Crippen molar-refractivity contribution in [1.29, 1.82) is 0 Å². The van der Waals surface area contributed by atoms with Crippen LogP contribution in [0.5, 0.6) is 0 Å². The SMILES string of the molecule is Cc1oc(C(C)C)cc1C(=O)NC(C)(CC(=O)O)C(C)C. The number of rotatable bonds is 6. The molecule has 5 heteroatoms. The lowest BCUT2D eigenvalue weighted by atomic mass is 9.85. The number of nitrogens with one attached hydrogen (secondary N) is 1. The molecule has 1 aromatic rings. The molecule has 0 aromatic carbocycles. The Bertz CT molecular complexity index is 530. The highest BCUT2D eigenvalue weighted by Gasteiger charge is 2.34. The van der Waals surface area contributed by atoms with Gasteiger partial charge >= 0.3 is 5.97 Å². The molecule has 0 aliphatic heterocycles. The lowest BCUT2D eigenvalue weighted by Gasteiger charge is -2.33. The predicted molar refractivity (Wildman–Crippen MR) is 80.5 cm³/mol. The van der Waals surface area contributed by atoms with Crippen molar-refractivity contribution < 1.29 is 19.1 Å². The van der Waals surface area contributed by atoms with Crippen LogP contribution in [0.2, 0.25) is 0 Å². The molecule has 2 N–H and O–H groups in total. The van der Waals surface area contributed by atoms with Crippen molar-refractivity contribution in [2.24, 2.45) is 5.92 Å². The maximum Gasteiger partial charge on any atom is 0.305 e. The normalized spacial score (nSPS) is 14.3. The van der Waals surface area contributed by atoms with E-state index in [1.807, 2.05) is 27.7 Å². The standard InChI is InChI=1S/C16H25NO4/c1-9(2)13-7-12(11(5)21-13)15(20)17-16(6,10(3)4)8-14(18)19/h7,9-10H,8H2,1-6H3,(H,17,20)(H,18,19). The summed E-state index contributed by atoms with van der Waals surface area (Å²) in [7, 11) is 0. The van der Waals surface area contributed by atoms with Crippen molar-refractivity contribution in [2.45, 2.75) is 59.4 Å². The highest BCUT2D eigenvalue weighted by Crippen LogP contribution is 2.25. The molecule has 0 saturated carbocycles. The highest BCUT2D eigenvalue weighted by atomic mass is 16.4. The highest BCUT2D eigenvalue weighted by molar-refractivity contribution is 5.96. The summed E-state index contributed by atoms with van der Waals surface area (Å²) >= 11 is 0. The predicted octanol–water partition coefficient (Wildman–Crippen LogP) is 3.33. The van der Waals surface area contributed by atoms with Crippen LogP contribution in [0, 0.1) is 12.8 Å². The second kappa shape index (κ2) is 6.33. The van der Waals surface area contributed by atoms with Gasteiger partial charge in [-0.15, -0.1) is 0 Å². The van der Waals surface area contributed by atoms with E-state index in [2.05, 4.69) is 5.32 Å². The summed E-state index contributed by atoms with van der Waals surface area (Å²) in [4.78, 5) is 23.5. The molecule has 0 spiro atoms. The van der Waals surface area contributed by atoms with Gasteiger partial charge in [-0.05, 0) is 25.8 Å². The molecule has 1 rings (SSSR count). The van der Waals surface area contributed by atoms with Crippen molar-refractivity contribution in [1.82, 2.24) is 5.32 Å². The first kappa shape index (κ1) is 17.3. The summed E-state index contributed by atoms with van der Waals surface area (Å²) in [6.45, 7) is 11.3. The molecule has 0 radical (unpaired) electrons. The van der Waals surface area contributed by atoms with E-state index in [-0.39, 0.29) is 24.2 Å². The van der Waals surface area contributed by atoms with Crippen LogP contribution < -0.4 is 5.32 Å². The number of carbonyl (C=O) groups excluding carboxylic acids is 1. The van der Waals surface area contributed by atoms with Crippen molar-refractivity contribution in [3.63, 3.8) is 0 Å². The molecule has 0 fully saturated rings.